The smallest absolute Gasteiger partial charge is 0.192 e. The minimum atomic E-state index is -2.13. The van der Waals surface area contributed by atoms with Gasteiger partial charge < -0.3 is 23.4 Å². The number of methoxy groups -OCH3 is 1. The van der Waals surface area contributed by atoms with Gasteiger partial charge in [0.15, 0.2) is 16.6 Å². The lowest BCUT2D eigenvalue weighted by Gasteiger charge is -2.45. The van der Waals surface area contributed by atoms with E-state index in [2.05, 4.69) is 87.3 Å². The molecule has 1 N–H and O–H groups in total. The van der Waals surface area contributed by atoms with Gasteiger partial charge in [0.05, 0.1) is 32.0 Å². The Bertz CT molecular complexity index is 1000. The molecule has 1 aromatic carbocycles. The summed E-state index contributed by atoms with van der Waals surface area (Å²) in [6, 6.07) is 14.0. The van der Waals surface area contributed by atoms with Crippen molar-refractivity contribution in [3.05, 3.63) is 53.1 Å². The summed E-state index contributed by atoms with van der Waals surface area (Å²) in [6.07, 6.45) is 8.26. The van der Waals surface area contributed by atoms with E-state index < -0.39 is 34.9 Å². The second-order valence-electron chi connectivity index (χ2n) is 12.0. The van der Waals surface area contributed by atoms with E-state index in [1.807, 2.05) is 24.3 Å². The molecule has 0 fully saturated rings. The zero-order valence-electron chi connectivity index (χ0n) is 29.2. The van der Waals surface area contributed by atoms with Crippen LogP contribution in [0.1, 0.15) is 81.2 Å². The van der Waals surface area contributed by atoms with Crippen LogP contribution in [0, 0.1) is 18.3 Å². The summed E-state index contributed by atoms with van der Waals surface area (Å²) in [6.45, 7) is 22.5. The van der Waals surface area contributed by atoms with Gasteiger partial charge in [0.25, 0.3) is 0 Å². The third-order valence-corrected chi connectivity index (χ3v) is 18.9. The first-order chi connectivity index (χ1) is 20.5. The summed E-state index contributed by atoms with van der Waals surface area (Å²) in [7, 11) is -2.48. The van der Waals surface area contributed by atoms with Crippen LogP contribution in [-0.4, -0.2) is 53.3 Å². The average Bonchev–Trinajstić information content (AvgIpc) is 3.03. The van der Waals surface area contributed by atoms with Crippen molar-refractivity contribution in [1.82, 2.24) is 0 Å². The third-order valence-electron chi connectivity index (χ3n) is 9.62. The molecule has 0 aliphatic rings. The number of benzene rings is 1. The maximum absolute atomic E-state index is 11.6. The highest BCUT2D eigenvalue weighted by atomic mass is 28.4. The monoisotopic (exact) mass is 630 g/mol. The summed E-state index contributed by atoms with van der Waals surface area (Å²) in [4.78, 5) is 0. The second-order valence-corrected chi connectivity index (χ2v) is 21.4. The van der Waals surface area contributed by atoms with Gasteiger partial charge in [-0.05, 0) is 80.3 Å². The topological polar surface area (TPSA) is 57.2 Å². The van der Waals surface area contributed by atoms with E-state index in [0.717, 1.165) is 47.6 Å². The predicted octanol–water partition coefficient (Wildman–Crippen LogP) is 9.29. The lowest BCUT2D eigenvalue weighted by Crippen LogP contribution is -2.55. The van der Waals surface area contributed by atoms with Gasteiger partial charge in [-0.25, -0.2) is 0 Å². The number of aliphatic hydroxyl groups excluding tert-OH is 1. The first-order valence-electron chi connectivity index (χ1n) is 16.5. The lowest BCUT2D eigenvalue weighted by atomic mass is 9.87. The van der Waals surface area contributed by atoms with Crippen molar-refractivity contribution < 1.29 is 23.4 Å². The number of aliphatic hydroxyl groups is 1. The Balaban J connectivity index is 3.79. The molecule has 0 aliphatic carbocycles. The van der Waals surface area contributed by atoms with Crippen LogP contribution in [0.15, 0.2) is 47.6 Å². The molecular formula is C36H62O5Si2. The molecule has 1 aromatic rings. The summed E-state index contributed by atoms with van der Waals surface area (Å²) in [5, 5.41) is 11.6. The molecule has 1 rings (SSSR count). The molecule has 5 atom stereocenters. The molecule has 0 amide bonds. The largest absolute Gasteiger partial charge is 0.497 e. The van der Waals surface area contributed by atoms with Gasteiger partial charge in [0.2, 0.25) is 0 Å². The molecular weight excluding hydrogens is 569 g/mol. The molecule has 0 aliphatic heterocycles. The third kappa shape index (κ3) is 11.3. The van der Waals surface area contributed by atoms with Crippen LogP contribution in [0.3, 0.4) is 0 Å². The molecule has 0 unspecified atom stereocenters. The van der Waals surface area contributed by atoms with Crippen LogP contribution in [0.25, 0.3) is 0 Å². The Labute approximate surface area is 266 Å². The summed E-state index contributed by atoms with van der Waals surface area (Å²) < 4.78 is 26.7. The van der Waals surface area contributed by atoms with Gasteiger partial charge >= 0.3 is 0 Å². The van der Waals surface area contributed by atoms with Crippen molar-refractivity contribution in [1.29, 1.82) is 0 Å². The van der Waals surface area contributed by atoms with Gasteiger partial charge in [0, 0.05) is 12.3 Å². The molecule has 0 saturated carbocycles. The first-order valence-corrected chi connectivity index (χ1v) is 21.6. The Morgan fingerprint density at radius 2 is 1.40 bits per heavy atom. The van der Waals surface area contributed by atoms with Crippen LogP contribution in [-0.2, 0) is 20.2 Å². The molecule has 0 saturated heterocycles. The quantitative estimate of drug-likeness (QED) is 0.0833. The van der Waals surface area contributed by atoms with E-state index in [4.69, 9.17) is 24.7 Å². The highest BCUT2D eigenvalue weighted by Crippen LogP contribution is 2.36. The Morgan fingerprint density at radius 1 is 0.884 bits per heavy atom. The Morgan fingerprint density at radius 3 is 1.84 bits per heavy atom. The van der Waals surface area contributed by atoms with Crippen LogP contribution in [0.5, 0.6) is 5.75 Å². The SMILES string of the molecule is C#CC[C@H](O)[C@@H](OCc1ccc(OC)cc1)[C@H](O[Si](CC)(CC)CC)[C@@H](C)[C@H](O[Si](CC)(CC)CC)/C(C)=C/C(C)=C/C. The first kappa shape index (κ1) is 39.4. The van der Waals surface area contributed by atoms with Crippen molar-refractivity contribution in [2.24, 2.45) is 5.92 Å². The zero-order chi connectivity index (χ0) is 32.6. The number of hydrogen-bond acceptors (Lipinski definition) is 5. The molecule has 0 bridgehead atoms. The molecule has 0 heterocycles. The van der Waals surface area contributed by atoms with Crippen molar-refractivity contribution in [3.8, 4) is 18.1 Å². The fourth-order valence-corrected chi connectivity index (χ4v) is 11.8. The zero-order valence-corrected chi connectivity index (χ0v) is 31.2. The van der Waals surface area contributed by atoms with Gasteiger partial charge in [-0.15, -0.1) is 12.3 Å². The minimum Gasteiger partial charge on any atom is -0.497 e. The highest BCUT2D eigenvalue weighted by molar-refractivity contribution is 6.74. The minimum absolute atomic E-state index is 0.0813. The number of ether oxygens (including phenoxy) is 2. The van der Waals surface area contributed by atoms with E-state index in [1.165, 1.54) is 11.1 Å². The van der Waals surface area contributed by atoms with E-state index in [-0.39, 0.29) is 18.4 Å². The van der Waals surface area contributed by atoms with Crippen LogP contribution < -0.4 is 4.74 Å². The van der Waals surface area contributed by atoms with Crippen LogP contribution in [0.4, 0.5) is 0 Å². The average molecular weight is 631 g/mol. The van der Waals surface area contributed by atoms with Crippen LogP contribution >= 0.6 is 0 Å². The van der Waals surface area contributed by atoms with E-state index in [0.29, 0.717) is 6.61 Å². The fraction of sp³-hybridized carbons (Fsp3) is 0.667. The Kier molecular flexibility index (Phi) is 18.0. The summed E-state index contributed by atoms with van der Waals surface area (Å²) in [5.41, 5.74) is 3.38. The number of rotatable bonds is 21. The van der Waals surface area contributed by atoms with E-state index in [1.54, 1.807) is 7.11 Å². The molecule has 0 radical (unpaired) electrons. The van der Waals surface area contributed by atoms with Crippen molar-refractivity contribution in [3.63, 3.8) is 0 Å². The predicted molar refractivity (Wildman–Crippen MR) is 188 cm³/mol. The standard InChI is InChI=1S/C36H62O5Si2/c1-13-21-33(37)36(39-27-31-22-24-32(38-12)25-23-31)35(41-43(18-6,19-7)20-8)30(11)34(29(10)26-28(9)14-2)40-42(15-3,16-4)17-5/h1,14,22-26,30,33-37H,15-21,27H2,2-12H3/b28-14+,29-26+/t30-,33-,34+,35+,36+/m0/s1. The molecule has 0 spiro atoms. The lowest BCUT2D eigenvalue weighted by molar-refractivity contribution is -0.123. The summed E-state index contributed by atoms with van der Waals surface area (Å²) in [5.74, 6) is 3.39. The number of terminal acetylenes is 1. The number of hydrogen-bond donors (Lipinski definition) is 1. The van der Waals surface area contributed by atoms with Crippen molar-refractivity contribution >= 4 is 16.6 Å². The second kappa shape index (κ2) is 19.7. The Hall–Kier alpha value is -1.67. The van der Waals surface area contributed by atoms with Crippen molar-refractivity contribution in [2.75, 3.05) is 7.11 Å². The fourth-order valence-electron chi connectivity index (χ4n) is 5.92. The van der Waals surface area contributed by atoms with E-state index >= 15 is 0 Å². The van der Waals surface area contributed by atoms with Gasteiger partial charge in [0.1, 0.15) is 11.9 Å². The van der Waals surface area contributed by atoms with Crippen molar-refractivity contribution in [2.45, 2.75) is 143 Å². The molecule has 43 heavy (non-hydrogen) atoms. The van der Waals surface area contributed by atoms with Gasteiger partial charge in [-0.1, -0.05) is 78.3 Å². The van der Waals surface area contributed by atoms with E-state index in [9.17, 15) is 5.11 Å². The number of allylic oxidation sites excluding steroid dienone is 3. The molecule has 7 heteroatoms. The van der Waals surface area contributed by atoms with Crippen LogP contribution in [0.2, 0.25) is 36.3 Å². The molecule has 244 valence electrons. The van der Waals surface area contributed by atoms with Gasteiger partial charge in [-0.3, -0.25) is 0 Å². The van der Waals surface area contributed by atoms with Gasteiger partial charge in [-0.2, -0.15) is 0 Å². The summed E-state index contributed by atoms with van der Waals surface area (Å²) >= 11 is 0. The maximum Gasteiger partial charge on any atom is 0.192 e. The highest BCUT2D eigenvalue weighted by Gasteiger charge is 2.45. The molecule has 0 aromatic heterocycles. The molecule has 5 nitrogen and oxygen atoms in total. The maximum atomic E-state index is 11.6. The normalized spacial score (nSPS) is 16.7.